The van der Waals surface area contributed by atoms with E-state index < -0.39 is 15.6 Å². The third kappa shape index (κ3) is 4.07. The van der Waals surface area contributed by atoms with Crippen LogP contribution in [0.1, 0.15) is 12.8 Å². The summed E-state index contributed by atoms with van der Waals surface area (Å²) in [5, 5.41) is 10.7. The van der Waals surface area contributed by atoms with E-state index in [2.05, 4.69) is 4.72 Å². The van der Waals surface area contributed by atoms with Crippen molar-refractivity contribution in [1.29, 1.82) is 0 Å². The molecule has 0 unspecified atom stereocenters. The normalized spacial score (nSPS) is 18.9. The molecule has 0 aliphatic carbocycles. The van der Waals surface area contributed by atoms with Crippen LogP contribution in [0.25, 0.3) is 0 Å². The van der Waals surface area contributed by atoms with Gasteiger partial charge < -0.3 is 9.84 Å². The second-order valence-corrected chi connectivity index (χ2v) is 7.41. The van der Waals surface area contributed by atoms with E-state index in [1.807, 2.05) is 0 Å². The van der Waals surface area contributed by atoms with Gasteiger partial charge in [-0.05, 0) is 18.2 Å². The van der Waals surface area contributed by atoms with Crippen molar-refractivity contribution in [1.82, 2.24) is 4.72 Å². The molecular formula is C12H15Cl2NO4S. The Morgan fingerprint density at radius 3 is 2.30 bits per heavy atom. The molecular weight excluding hydrogens is 325 g/mol. The van der Waals surface area contributed by atoms with Gasteiger partial charge in [-0.15, -0.1) is 0 Å². The summed E-state index contributed by atoms with van der Waals surface area (Å²) in [6, 6.07) is 4.07. The molecule has 8 heteroatoms. The van der Waals surface area contributed by atoms with Crippen LogP contribution in [0.15, 0.2) is 23.1 Å². The lowest BCUT2D eigenvalue weighted by molar-refractivity contribution is -0.0588. The monoisotopic (exact) mass is 339 g/mol. The molecule has 20 heavy (non-hydrogen) atoms. The fraction of sp³-hybridized carbons (Fsp3) is 0.500. The molecule has 0 atom stereocenters. The minimum atomic E-state index is -3.76. The summed E-state index contributed by atoms with van der Waals surface area (Å²) in [5.41, 5.74) is -1.08. The average molecular weight is 340 g/mol. The Hall–Kier alpha value is -0.370. The van der Waals surface area contributed by atoms with Gasteiger partial charge in [0.15, 0.2) is 0 Å². The van der Waals surface area contributed by atoms with Gasteiger partial charge in [0.2, 0.25) is 10.0 Å². The Labute approximate surface area is 127 Å². The molecule has 5 nitrogen and oxygen atoms in total. The number of rotatable bonds is 4. The summed E-state index contributed by atoms with van der Waals surface area (Å²) in [6.45, 7) is 0.769. The molecule has 1 saturated heterocycles. The van der Waals surface area contributed by atoms with Gasteiger partial charge in [-0.25, -0.2) is 13.1 Å². The number of nitrogens with one attached hydrogen (secondary N) is 1. The van der Waals surface area contributed by atoms with E-state index in [4.69, 9.17) is 27.9 Å². The third-order valence-electron chi connectivity index (χ3n) is 3.16. The number of sulfonamides is 1. The Morgan fingerprint density at radius 1 is 1.20 bits per heavy atom. The first-order chi connectivity index (χ1) is 9.31. The van der Waals surface area contributed by atoms with E-state index >= 15 is 0 Å². The van der Waals surface area contributed by atoms with E-state index in [1.165, 1.54) is 18.2 Å². The van der Waals surface area contributed by atoms with Crippen LogP contribution in [0.2, 0.25) is 10.0 Å². The van der Waals surface area contributed by atoms with Crippen LogP contribution in [-0.2, 0) is 14.8 Å². The maximum atomic E-state index is 12.2. The molecule has 0 aromatic heterocycles. The maximum absolute atomic E-state index is 12.2. The minimum Gasteiger partial charge on any atom is -0.388 e. The van der Waals surface area contributed by atoms with Crippen molar-refractivity contribution in [2.45, 2.75) is 23.3 Å². The standard InChI is InChI=1S/C12H15Cl2NO4S/c13-9-5-10(14)7-11(6-9)20(17,18)15-8-12(16)1-3-19-4-2-12/h5-7,15-16H,1-4,8H2. The first-order valence-corrected chi connectivity index (χ1v) is 8.31. The molecule has 1 aliphatic rings. The van der Waals surface area contributed by atoms with Gasteiger partial charge >= 0.3 is 0 Å². The summed E-state index contributed by atoms with van der Waals surface area (Å²) in [7, 11) is -3.76. The zero-order valence-electron chi connectivity index (χ0n) is 10.6. The Balaban J connectivity index is 2.11. The van der Waals surface area contributed by atoms with Crippen molar-refractivity contribution in [2.24, 2.45) is 0 Å². The minimum absolute atomic E-state index is 0.0225. The number of hydrogen-bond donors (Lipinski definition) is 2. The zero-order valence-corrected chi connectivity index (χ0v) is 12.9. The largest absolute Gasteiger partial charge is 0.388 e. The van der Waals surface area contributed by atoms with E-state index in [0.29, 0.717) is 26.1 Å². The maximum Gasteiger partial charge on any atom is 0.240 e. The van der Waals surface area contributed by atoms with Gasteiger partial charge in [0.1, 0.15) is 0 Å². The fourth-order valence-corrected chi connectivity index (χ4v) is 3.77. The van der Waals surface area contributed by atoms with Gasteiger partial charge in [-0.2, -0.15) is 0 Å². The highest BCUT2D eigenvalue weighted by Gasteiger charge is 2.31. The van der Waals surface area contributed by atoms with Gasteiger partial charge in [0.25, 0.3) is 0 Å². The Kier molecular flexibility index (Phi) is 4.94. The molecule has 0 spiro atoms. The molecule has 1 aromatic rings. The molecule has 1 aliphatic heterocycles. The Bertz CT molecular complexity index is 565. The van der Waals surface area contributed by atoms with Crippen LogP contribution in [0.4, 0.5) is 0 Å². The zero-order chi connectivity index (χ0) is 14.8. The van der Waals surface area contributed by atoms with Gasteiger partial charge in [-0.1, -0.05) is 23.2 Å². The predicted octanol–water partition coefficient (Wildman–Crippen LogP) is 1.81. The summed E-state index contributed by atoms with van der Waals surface area (Å²) in [4.78, 5) is -0.0225. The van der Waals surface area contributed by atoms with E-state index in [0.717, 1.165) is 0 Å². The topological polar surface area (TPSA) is 75.6 Å². The molecule has 0 amide bonds. The quantitative estimate of drug-likeness (QED) is 0.877. The van der Waals surface area contributed by atoms with Crippen molar-refractivity contribution in [3.05, 3.63) is 28.2 Å². The number of hydrogen-bond acceptors (Lipinski definition) is 4. The lowest BCUT2D eigenvalue weighted by atomic mass is 9.95. The molecule has 2 N–H and O–H groups in total. The fourth-order valence-electron chi connectivity index (χ4n) is 1.92. The van der Waals surface area contributed by atoms with Crippen molar-refractivity contribution in [3.8, 4) is 0 Å². The van der Waals surface area contributed by atoms with Crippen molar-refractivity contribution < 1.29 is 18.3 Å². The number of halogens is 2. The smallest absolute Gasteiger partial charge is 0.240 e. The lowest BCUT2D eigenvalue weighted by Crippen LogP contribution is -2.46. The average Bonchev–Trinajstić information content (AvgIpc) is 2.37. The van der Waals surface area contributed by atoms with E-state index in [1.54, 1.807) is 0 Å². The molecule has 2 rings (SSSR count). The first kappa shape index (κ1) is 16.0. The molecule has 1 fully saturated rings. The van der Waals surface area contributed by atoms with Gasteiger partial charge in [0.05, 0.1) is 10.5 Å². The molecule has 1 heterocycles. The van der Waals surface area contributed by atoms with Gasteiger partial charge in [-0.3, -0.25) is 0 Å². The molecule has 0 bridgehead atoms. The second kappa shape index (κ2) is 6.17. The first-order valence-electron chi connectivity index (χ1n) is 6.07. The molecule has 112 valence electrons. The molecule has 0 radical (unpaired) electrons. The predicted molar refractivity (Wildman–Crippen MR) is 76.7 cm³/mol. The van der Waals surface area contributed by atoms with Crippen LogP contribution < -0.4 is 4.72 Å². The van der Waals surface area contributed by atoms with E-state index in [-0.39, 0.29) is 21.5 Å². The summed E-state index contributed by atoms with van der Waals surface area (Å²) in [6.07, 6.45) is 0.789. The van der Waals surface area contributed by atoms with Crippen molar-refractivity contribution in [2.75, 3.05) is 19.8 Å². The summed E-state index contributed by atoms with van der Waals surface area (Å²) >= 11 is 11.6. The van der Waals surface area contributed by atoms with Crippen LogP contribution in [0, 0.1) is 0 Å². The van der Waals surface area contributed by atoms with Crippen LogP contribution in [0.3, 0.4) is 0 Å². The number of ether oxygens (including phenoxy) is 1. The highest BCUT2D eigenvalue weighted by Crippen LogP contribution is 2.24. The van der Waals surface area contributed by atoms with Crippen LogP contribution in [-0.4, -0.2) is 38.9 Å². The van der Waals surface area contributed by atoms with Gasteiger partial charge in [0, 0.05) is 42.6 Å². The number of benzene rings is 1. The Morgan fingerprint density at radius 2 is 1.75 bits per heavy atom. The SMILES string of the molecule is O=S(=O)(NCC1(O)CCOCC1)c1cc(Cl)cc(Cl)c1. The van der Waals surface area contributed by atoms with Crippen molar-refractivity contribution >= 4 is 33.2 Å². The highest BCUT2D eigenvalue weighted by molar-refractivity contribution is 7.89. The third-order valence-corrected chi connectivity index (χ3v) is 4.98. The van der Waals surface area contributed by atoms with Crippen molar-refractivity contribution in [3.63, 3.8) is 0 Å². The van der Waals surface area contributed by atoms with E-state index in [9.17, 15) is 13.5 Å². The molecule has 1 aromatic carbocycles. The summed E-state index contributed by atoms with van der Waals surface area (Å²) in [5.74, 6) is 0. The van der Waals surface area contributed by atoms with Crippen LogP contribution in [0.5, 0.6) is 0 Å². The summed E-state index contributed by atoms with van der Waals surface area (Å²) < 4.78 is 31.8. The lowest BCUT2D eigenvalue weighted by Gasteiger charge is -2.31. The highest BCUT2D eigenvalue weighted by atomic mass is 35.5. The van der Waals surface area contributed by atoms with Crippen LogP contribution >= 0.6 is 23.2 Å². The molecule has 0 saturated carbocycles. The second-order valence-electron chi connectivity index (χ2n) is 4.77. The number of aliphatic hydroxyl groups is 1.